The van der Waals surface area contributed by atoms with Gasteiger partial charge in [0.15, 0.2) is 16.6 Å². The number of ether oxygens (including phenoxy) is 2. The average Bonchev–Trinajstić information content (AvgIpc) is 3.27. The molecular weight excluding hydrogens is 444 g/mol. The van der Waals surface area contributed by atoms with E-state index < -0.39 is 0 Å². The van der Waals surface area contributed by atoms with Gasteiger partial charge in [0.05, 0.1) is 30.5 Å². The van der Waals surface area contributed by atoms with E-state index in [0.29, 0.717) is 33.7 Å². The Labute approximate surface area is 195 Å². The number of anilines is 1. The average molecular weight is 465 g/mol. The van der Waals surface area contributed by atoms with Gasteiger partial charge in [0.2, 0.25) is 0 Å². The van der Waals surface area contributed by atoms with Gasteiger partial charge in [0, 0.05) is 6.08 Å². The summed E-state index contributed by atoms with van der Waals surface area (Å²) in [5, 5.41) is 1.16. The summed E-state index contributed by atoms with van der Waals surface area (Å²) in [5.41, 5.74) is 2.53. The van der Waals surface area contributed by atoms with E-state index in [0.717, 1.165) is 15.8 Å². The number of methoxy groups -OCH3 is 2. The van der Waals surface area contributed by atoms with Crippen LogP contribution in [-0.4, -0.2) is 25.1 Å². The van der Waals surface area contributed by atoms with Crippen molar-refractivity contribution in [2.24, 2.45) is 0 Å². The second kappa shape index (κ2) is 9.85. The number of hydrogen-bond donors (Lipinski definition) is 0. The zero-order valence-corrected chi connectivity index (χ0v) is 19.2. The molecule has 0 atom stereocenters. The summed E-state index contributed by atoms with van der Waals surface area (Å²) in [5.74, 6) is 1.05. The second-order valence-corrected chi connectivity index (χ2v) is 8.36. The number of amides is 1. The number of aromatic nitrogens is 1. The maximum atomic E-state index is 13.3. The minimum absolute atomic E-state index is 0.182. The maximum Gasteiger partial charge on any atom is 0.253 e. The molecule has 3 aromatic carbocycles. The Bertz CT molecular complexity index is 1270. The highest BCUT2D eigenvalue weighted by Crippen LogP contribution is 2.34. The minimum Gasteiger partial charge on any atom is -0.493 e. The number of nitrogens with zero attached hydrogens (tertiary/aromatic N) is 2. The van der Waals surface area contributed by atoms with E-state index >= 15 is 0 Å². The zero-order valence-electron chi connectivity index (χ0n) is 17.6. The molecule has 0 saturated heterocycles. The van der Waals surface area contributed by atoms with E-state index in [1.807, 2.05) is 54.6 Å². The standard InChI is InChI=1S/C25H21ClN2O3S/c1-30-20-13-11-17(15-21(20)31-2)12-14-23(29)28(16-18-7-4-3-5-8-18)25-27-24-19(26)9-6-10-22(24)32-25/h3-15H,16H2,1-2H3/b14-12+. The largest absolute Gasteiger partial charge is 0.493 e. The van der Waals surface area contributed by atoms with E-state index in [1.54, 1.807) is 37.3 Å². The molecular formula is C25H21ClN2O3S. The Morgan fingerprint density at radius 3 is 2.53 bits per heavy atom. The van der Waals surface area contributed by atoms with Crippen LogP contribution in [-0.2, 0) is 11.3 Å². The third-order valence-corrected chi connectivity index (χ3v) is 6.21. The summed E-state index contributed by atoms with van der Waals surface area (Å²) in [4.78, 5) is 19.6. The SMILES string of the molecule is COc1ccc(/C=C/C(=O)N(Cc2ccccc2)c2nc3c(Cl)cccc3s2)cc1OC. The van der Waals surface area contributed by atoms with Gasteiger partial charge in [-0.2, -0.15) is 0 Å². The minimum atomic E-state index is -0.182. The van der Waals surface area contributed by atoms with Crippen molar-refractivity contribution in [2.75, 3.05) is 19.1 Å². The highest BCUT2D eigenvalue weighted by atomic mass is 35.5. The molecule has 0 aliphatic heterocycles. The van der Waals surface area contributed by atoms with Gasteiger partial charge in [-0.05, 0) is 41.5 Å². The van der Waals surface area contributed by atoms with Crippen LogP contribution in [0.3, 0.4) is 0 Å². The molecule has 1 aromatic heterocycles. The molecule has 1 heterocycles. The van der Waals surface area contributed by atoms with Crippen LogP contribution in [0.25, 0.3) is 16.3 Å². The predicted molar refractivity (Wildman–Crippen MR) is 131 cm³/mol. The molecule has 0 aliphatic carbocycles. The number of hydrogen-bond acceptors (Lipinski definition) is 5. The summed E-state index contributed by atoms with van der Waals surface area (Å²) < 4.78 is 11.6. The fourth-order valence-corrected chi connectivity index (χ4v) is 4.51. The summed E-state index contributed by atoms with van der Waals surface area (Å²) in [7, 11) is 3.17. The van der Waals surface area contributed by atoms with E-state index in [2.05, 4.69) is 4.98 Å². The number of benzene rings is 3. The van der Waals surface area contributed by atoms with Crippen LogP contribution in [0.1, 0.15) is 11.1 Å². The first-order chi connectivity index (χ1) is 15.6. The fourth-order valence-electron chi connectivity index (χ4n) is 3.24. The Hall–Kier alpha value is -3.35. The molecule has 0 spiro atoms. The van der Waals surface area contributed by atoms with Gasteiger partial charge in [0.1, 0.15) is 5.52 Å². The molecule has 4 rings (SSSR count). The van der Waals surface area contributed by atoms with Crippen molar-refractivity contribution in [3.8, 4) is 11.5 Å². The number of carbonyl (C=O) groups is 1. The molecule has 162 valence electrons. The number of thiazole rings is 1. The van der Waals surface area contributed by atoms with Gasteiger partial charge in [-0.15, -0.1) is 0 Å². The highest BCUT2D eigenvalue weighted by molar-refractivity contribution is 7.22. The van der Waals surface area contributed by atoms with Crippen LogP contribution in [0.5, 0.6) is 11.5 Å². The lowest BCUT2D eigenvalue weighted by atomic mass is 10.1. The quantitative estimate of drug-likeness (QED) is 0.305. The lowest BCUT2D eigenvalue weighted by molar-refractivity contribution is -0.114. The van der Waals surface area contributed by atoms with Crippen LogP contribution >= 0.6 is 22.9 Å². The first-order valence-corrected chi connectivity index (χ1v) is 11.1. The lowest BCUT2D eigenvalue weighted by Crippen LogP contribution is -2.28. The Balaban J connectivity index is 1.66. The highest BCUT2D eigenvalue weighted by Gasteiger charge is 2.19. The van der Waals surface area contributed by atoms with E-state index in [1.165, 1.54) is 17.4 Å². The molecule has 5 nitrogen and oxygen atoms in total. The monoisotopic (exact) mass is 464 g/mol. The van der Waals surface area contributed by atoms with E-state index in [-0.39, 0.29) is 5.91 Å². The van der Waals surface area contributed by atoms with Crippen molar-refractivity contribution in [1.29, 1.82) is 0 Å². The number of para-hydroxylation sites is 1. The predicted octanol–water partition coefficient (Wildman–Crippen LogP) is 6.21. The van der Waals surface area contributed by atoms with Crippen molar-refractivity contribution in [3.05, 3.63) is 89.0 Å². The lowest BCUT2D eigenvalue weighted by Gasteiger charge is -2.18. The molecule has 0 saturated carbocycles. The van der Waals surface area contributed by atoms with Crippen LogP contribution < -0.4 is 14.4 Å². The van der Waals surface area contributed by atoms with Crippen molar-refractivity contribution in [1.82, 2.24) is 4.98 Å². The number of rotatable bonds is 7. The molecule has 0 fully saturated rings. The summed E-state index contributed by atoms with van der Waals surface area (Å²) >= 11 is 7.75. The molecule has 0 N–H and O–H groups in total. The van der Waals surface area contributed by atoms with Crippen LogP contribution in [0.15, 0.2) is 72.8 Å². The molecule has 0 aliphatic rings. The maximum absolute atomic E-state index is 13.3. The van der Waals surface area contributed by atoms with Crippen molar-refractivity contribution in [3.63, 3.8) is 0 Å². The van der Waals surface area contributed by atoms with Gasteiger partial charge < -0.3 is 9.47 Å². The molecule has 32 heavy (non-hydrogen) atoms. The topological polar surface area (TPSA) is 51.7 Å². The summed E-state index contributed by atoms with van der Waals surface area (Å²) in [6, 6.07) is 20.9. The smallest absolute Gasteiger partial charge is 0.253 e. The molecule has 1 amide bonds. The molecule has 4 aromatic rings. The van der Waals surface area contributed by atoms with Crippen LogP contribution in [0.2, 0.25) is 5.02 Å². The van der Waals surface area contributed by atoms with Gasteiger partial charge in [-0.25, -0.2) is 4.98 Å². The van der Waals surface area contributed by atoms with Gasteiger partial charge in [-0.3, -0.25) is 9.69 Å². The van der Waals surface area contributed by atoms with Crippen molar-refractivity contribution >= 4 is 50.3 Å². The van der Waals surface area contributed by atoms with Crippen molar-refractivity contribution in [2.45, 2.75) is 6.54 Å². The zero-order chi connectivity index (χ0) is 22.5. The van der Waals surface area contributed by atoms with Crippen LogP contribution in [0, 0.1) is 0 Å². The molecule has 0 unspecified atom stereocenters. The first-order valence-electron chi connectivity index (χ1n) is 9.89. The molecule has 0 radical (unpaired) electrons. The van der Waals surface area contributed by atoms with Crippen molar-refractivity contribution < 1.29 is 14.3 Å². The van der Waals surface area contributed by atoms with E-state index in [4.69, 9.17) is 21.1 Å². The second-order valence-electron chi connectivity index (χ2n) is 6.94. The number of fused-ring (bicyclic) bond motifs is 1. The third kappa shape index (κ3) is 4.77. The normalized spacial score (nSPS) is 11.1. The fraction of sp³-hybridized carbons (Fsp3) is 0.120. The number of halogens is 1. The van der Waals surface area contributed by atoms with Gasteiger partial charge in [-0.1, -0.05) is 65.4 Å². The molecule has 0 bridgehead atoms. The Morgan fingerprint density at radius 2 is 1.81 bits per heavy atom. The first kappa shape index (κ1) is 21.9. The Kier molecular flexibility index (Phi) is 6.73. The third-order valence-electron chi connectivity index (χ3n) is 4.86. The van der Waals surface area contributed by atoms with Gasteiger partial charge in [0.25, 0.3) is 5.91 Å². The number of carbonyl (C=O) groups excluding carboxylic acids is 1. The summed E-state index contributed by atoms with van der Waals surface area (Å²) in [6.07, 6.45) is 3.29. The van der Waals surface area contributed by atoms with E-state index in [9.17, 15) is 4.79 Å². The molecule has 7 heteroatoms. The van der Waals surface area contributed by atoms with Gasteiger partial charge >= 0.3 is 0 Å². The Morgan fingerprint density at radius 1 is 1.03 bits per heavy atom. The van der Waals surface area contributed by atoms with Crippen LogP contribution in [0.4, 0.5) is 5.13 Å². The summed E-state index contributed by atoms with van der Waals surface area (Å²) in [6.45, 7) is 0.396.